The minimum absolute atomic E-state index is 0. The first-order valence-electron chi connectivity index (χ1n) is 2.74. The number of benzene rings is 1. The maximum atomic E-state index is 10.4. The Morgan fingerprint density at radius 2 is 2.00 bits per heavy atom. The molecule has 0 aliphatic rings. The van der Waals surface area contributed by atoms with Crippen molar-refractivity contribution >= 4 is 23.7 Å². The summed E-state index contributed by atoms with van der Waals surface area (Å²) in [6.45, 7) is 0. The summed E-state index contributed by atoms with van der Waals surface area (Å²) >= 11 is 1.84. The molecule has 0 amide bonds. The molecule has 0 saturated heterocycles. The minimum atomic E-state index is -2.04. The van der Waals surface area contributed by atoms with Gasteiger partial charge in [-0.1, -0.05) is 0 Å². The van der Waals surface area contributed by atoms with E-state index in [1.165, 1.54) is 18.2 Å². The van der Waals surface area contributed by atoms with Gasteiger partial charge in [0.25, 0.3) is 0 Å². The van der Waals surface area contributed by atoms with E-state index in [0.29, 0.717) is 4.90 Å². The number of aromatic hydroxyl groups is 1. The van der Waals surface area contributed by atoms with Crippen LogP contribution in [0.4, 0.5) is 0 Å². The Morgan fingerprint density at radius 1 is 1.42 bits per heavy atom. The van der Waals surface area contributed by atoms with Crippen LogP contribution >= 0.6 is 12.6 Å². The van der Waals surface area contributed by atoms with Crippen LogP contribution in [0.25, 0.3) is 0 Å². The predicted octanol–water partition coefficient (Wildman–Crippen LogP) is 1.26. The van der Waals surface area contributed by atoms with Crippen molar-refractivity contribution in [2.75, 3.05) is 0 Å². The largest absolute Gasteiger partial charge is 2.00 e. The van der Waals surface area contributed by atoms with Gasteiger partial charge in [0, 0.05) is 4.90 Å². The molecule has 0 bridgehead atoms. The molecule has 60 valence electrons. The molecular formula is C6H6O3S2Zn+2. The average molecular weight is 256 g/mol. The van der Waals surface area contributed by atoms with Crippen LogP contribution in [0.2, 0.25) is 0 Å². The molecule has 2 N–H and O–H groups in total. The van der Waals surface area contributed by atoms with Gasteiger partial charge >= 0.3 is 19.5 Å². The van der Waals surface area contributed by atoms with Crippen molar-refractivity contribution in [3.05, 3.63) is 18.2 Å². The average Bonchev–Trinajstić information content (AvgIpc) is 1.94. The topological polar surface area (TPSA) is 57.5 Å². The molecule has 0 aromatic heterocycles. The van der Waals surface area contributed by atoms with E-state index in [4.69, 9.17) is 9.66 Å². The molecule has 0 radical (unpaired) electrons. The molecule has 3 nitrogen and oxygen atoms in total. The van der Waals surface area contributed by atoms with E-state index in [9.17, 15) is 4.21 Å². The van der Waals surface area contributed by atoms with E-state index in [2.05, 4.69) is 12.6 Å². The molecule has 0 fully saturated rings. The molecular weight excluding hydrogens is 250 g/mol. The Balaban J connectivity index is 0.00000121. The second kappa shape index (κ2) is 4.97. The number of rotatable bonds is 1. The van der Waals surface area contributed by atoms with Gasteiger partial charge in [-0.15, -0.1) is 12.6 Å². The third-order valence-electron chi connectivity index (χ3n) is 1.15. The molecule has 0 aliphatic carbocycles. The van der Waals surface area contributed by atoms with Crippen molar-refractivity contribution in [1.29, 1.82) is 0 Å². The van der Waals surface area contributed by atoms with Crippen LogP contribution in [-0.4, -0.2) is 13.9 Å². The first kappa shape index (κ1) is 12.1. The van der Waals surface area contributed by atoms with Crippen LogP contribution in [0, 0.1) is 0 Å². The predicted molar refractivity (Wildman–Crippen MR) is 44.4 cm³/mol. The van der Waals surface area contributed by atoms with E-state index in [1.54, 1.807) is 0 Å². The quantitative estimate of drug-likeness (QED) is 0.402. The fourth-order valence-electron chi connectivity index (χ4n) is 0.612. The van der Waals surface area contributed by atoms with Crippen molar-refractivity contribution in [3.8, 4) is 5.75 Å². The van der Waals surface area contributed by atoms with E-state index in [0.717, 1.165) is 0 Å². The normalized spacial score (nSPS) is 11.8. The standard InChI is InChI=1S/C6H6O3S2.Zn/c7-5-3-4(11(8)9)1-2-6(5)10;/h1-3,7,10H,(H,8,9);/q;+2. The zero-order valence-electron chi connectivity index (χ0n) is 6.10. The smallest absolute Gasteiger partial charge is 0.507 e. The van der Waals surface area contributed by atoms with E-state index in [1.807, 2.05) is 0 Å². The van der Waals surface area contributed by atoms with Crippen molar-refractivity contribution < 1.29 is 33.3 Å². The van der Waals surface area contributed by atoms with Crippen LogP contribution < -0.4 is 0 Å². The summed E-state index contributed by atoms with van der Waals surface area (Å²) < 4.78 is 19.0. The summed E-state index contributed by atoms with van der Waals surface area (Å²) in [6.07, 6.45) is 0. The van der Waals surface area contributed by atoms with E-state index >= 15 is 0 Å². The molecule has 0 heterocycles. The zero-order chi connectivity index (χ0) is 8.43. The van der Waals surface area contributed by atoms with Gasteiger partial charge in [0.15, 0.2) is 11.1 Å². The van der Waals surface area contributed by atoms with Gasteiger partial charge in [-0.3, -0.25) is 0 Å². The Morgan fingerprint density at radius 3 is 2.42 bits per heavy atom. The molecule has 0 saturated carbocycles. The molecule has 1 rings (SSSR count). The second-order valence-corrected chi connectivity index (χ2v) is 3.35. The first-order chi connectivity index (χ1) is 5.11. The monoisotopic (exact) mass is 254 g/mol. The van der Waals surface area contributed by atoms with Crippen LogP contribution in [0.15, 0.2) is 28.0 Å². The Labute approximate surface area is 90.6 Å². The van der Waals surface area contributed by atoms with Crippen molar-refractivity contribution in [2.45, 2.75) is 9.79 Å². The fourth-order valence-corrected chi connectivity index (χ4v) is 1.15. The summed E-state index contributed by atoms with van der Waals surface area (Å²) in [5, 5.41) is 9.03. The Kier molecular flexibility index (Phi) is 5.01. The fraction of sp³-hybridized carbons (Fsp3) is 0. The van der Waals surface area contributed by atoms with Crippen molar-refractivity contribution in [2.24, 2.45) is 0 Å². The third kappa shape index (κ3) is 2.86. The molecule has 1 aromatic rings. The van der Waals surface area contributed by atoms with Gasteiger partial charge in [0.1, 0.15) is 5.75 Å². The summed E-state index contributed by atoms with van der Waals surface area (Å²) in [5.74, 6) is -0.0896. The van der Waals surface area contributed by atoms with Gasteiger partial charge in [-0.25, -0.2) is 4.21 Å². The van der Waals surface area contributed by atoms with Crippen LogP contribution in [0.3, 0.4) is 0 Å². The molecule has 0 aliphatic heterocycles. The van der Waals surface area contributed by atoms with Gasteiger partial charge in [-0.05, 0) is 18.2 Å². The minimum Gasteiger partial charge on any atom is -0.507 e. The van der Waals surface area contributed by atoms with Crippen molar-refractivity contribution in [1.82, 2.24) is 0 Å². The number of phenolic OH excluding ortho intramolecular Hbond substituents is 1. The van der Waals surface area contributed by atoms with Gasteiger partial charge < -0.3 is 9.66 Å². The number of thiol groups is 1. The number of phenols is 1. The molecule has 0 spiro atoms. The summed E-state index contributed by atoms with van der Waals surface area (Å²) in [4.78, 5) is 0.555. The van der Waals surface area contributed by atoms with E-state index < -0.39 is 11.1 Å². The maximum Gasteiger partial charge on any atom is 2.00 e. The first-order valence-corrected chi connectivity index (χ1v) is 4.29. The molecule has 1 atom stereocenters. The number of hydrogen-bond acceptors (Lipinski definition) is 3. The molecule has 6 heteroatoms. The zero-order valence-corrected chi connectivity index (χ0v) is 10.8. The summed E-state index contributed by atoms with van der Waals surface area (Å²) in [7, 11) is 0. The molecule has 1 aromatic carbocycles. The van der Waals surface area contributed by atoms with Crippen LogP contribution in [0.1, 0.15) is 0 Å². The molecule has 12 heavy (non-hydrogen) atoms. The van der Waals surface area contributed by atoms with Crippen LogP contribution in [0.5, 0.6) is 5.75 Å². The maximum absolute atomic E-state index is 10.4. The Hall–Kier alpha value is 0.103. The number of hydrogen-bond donors (Lipinski definition) is 3. The Bertz CT molecular complexity index is 303. The van der Waals surface area contributed by atoms with Gasteiger partial charge in [0.05, 0.1) is 4.90 Å². The van der Waals surface area contributed by atoms with Crippen molar-refractivity contribution in [3.63, 3.8) is 0 Å². The van der Waals surface area contributed by atoms with Gasteiger partial charge in [-0.2, -0.15) is 0 Å². The molecule has 1 unspecified atom stereocenters. The van der Waals surface area contributed by atoms with E-state index in [-0.39, 0.29) is 30.1 Å². The third-order valence-corrected chi connectivity index (χ3v) is 2.18. The SMILES string of the molecule is O=S(O)c1ccc(S)c(O)c1.[Zn+2]. The summed E-state index contributed by atoms with van der Waals surface area (Å²) in [5.41, 5.74) is 0. The van der Waals surface area contributed by atoms with Gasteiger partial charge in [0.2, 0.25) is 0 Å². The second-order valence-electron chi connectivity index (χ2n) is 1.90. The van der Waals surface area contributed by atoms with Crippen LogP contribution in [-0.2, 0) is 30.6 Å². The summed E-state index contributed by atoms with van der Waals surface area (Å²) in [6, 6.07) is 4.10.